The van der Waals surface area contributed by atoms with Crippen molar-refractivity contribution in [3.05, 3.63) is 35.3 Å². The first-order chi connectivity index (χ1) is 14.9. The molecule has 4 aliphatic rings. The van der Waals surface area contributed by atoms with Crippen molar-refractivity contribution >= 4 is 17.9 Å². The quantitative estimate of drug-likeness (QED) is 0.357. The minimum Gasteiger partial charge on any atom is -0.491 e. The lowest BCUT2D eigenvalue weighted by atomic mass is 9.92. The van der Waals surface area contributed by atoms with E-state index in [2.05, 4.69) is 25.3 Å². The number of amidine groups is 1. The normalized spacial score (nSPS) is 27.4. The smallest absolute Gasteiger partial charge is 0.125 e. The Bertz CT molecular complexity index is 844. The van der Waals surface area contributed by atoms with Crippen molar-refractivity contribution in [2.45, 2.75) is 51.4 Å². The topological polar surface area (TPSA) is 128 Å². The van der Waals surface area contributed by atoms with Gasteiger partial charge in [-0.25, -0.2) is 0 Å². The minimum absolute atomic E-state index is 0.0819. The predicted molar refractivity (Wildman–Crippen MR) is 124 cm³/mol. The van der Waals surface area contributed by atoms with Gasteiger partial charge in [-0.1, -0.05) is 0 Å². The molecular weight excluding hydrogens is 392 g/mol. The second kappa shape index (κ2) is 9.23. The van der Waals surface area contributed by atoms with Gasteiger partial charge in [0.15, 0.2) is 0 Å². The second-order valence-corrected chi connectivity index (χ2v) is 8.80. The van der Waals surface area contributed by atoms with Gasteiger partial charge in [0.1, 0.15) is 17.8 Å². The highest BCUT2D eigenvalue weighted by Crippen LogP contribution is 2.29. The van der Waals surface area contributed by atoms with Crippen LogP contribution in [0.4, 0.5) is 0 Å². The van der Waals surface area contributed by atoms with Crippen molar-refractivity contribution in [3.63, 3.8) is 0 Å². The Morgan fingerprint density at radius 3 is 2.71 bits per heavy atom. The molecule has 2 heterocycles. The maximum absolute atomic E-state index is 8.76. The highest BCUT2D eigenvalue weighted by molar-refractivity contribution is 6.12. The molecule has 31 heavy (non-hydrogen) atoms. The van der Waals surface area contributed by atoms with Crippen LogP contribution in [-0.2, 0) is 4.74 Å². The molecule has 0 aromatic carbocycles. The van der Waals surface area contributed by atoms with Crippen LogP contribution in [0.5, 0.6) is 0 Å². The molecule has 0 bridgehead atoms. The number of hydrogen-bond donors (Lipinski definition) is 4. The summed E-state index contributed by atoms with van der Waals surface area (Å²) < 4.78 is 5.81. The van der Waals surface area contributed by atoms with Gasteiger partial charge in [0.25, 0.3) is 0 Å². The van der Waals surface area contributed by atoms with E-state index in [1.165, 1.54) is 12.8 Å². The van der Waals surface area contributed by atoms with Gasteiger partial charge in [-0.05, 0) is 56.9 Å². The van der Waals surface area contributed by atoms with E-state index in [4.69, 9.17) is 21.6 Å². The Kier molecular flexibility index (Phi) is 6.43. The van der Waals surface area contributed by atoms with Gasteiger partial charge in [-0.3, -0.25) is 20.3 Å². The van der Waals surface area contributed by atoms with Crippen LogP contribution < -0.4 is 16.8 Å². The summed E-state index contributed by atoms with van der Waals surface area (Å²) in [5.41, 5.74) is 14.3. The summed E-state index contributed by atoms with van der Waals surface area (Å²) in [6, 6.07) is -0.217. The van der Waals surface area contributed by atoms with Crippen LogP contribution in [0.25, 0.3) is 0 Å². The number of rotatable bonds is 7. The molecule has 6 N–H and O–H groups in total. The number of hydrogen-bond acceptors (Lipinski definition) is 8. The van der Waals surface area contributed by atoms with E-state index in [0.29, 0.717) is 18.1 Å². The first kappa shape index (κ1) is 21.6. The van der Waals surface area contributed by atoms with Crippen molar-refractivity contribution in [1.29, 1.82) is 5.41 Å². The number of aliphatic imine (C=N–C) groups is 1. The summed E-state index contributed by atoms with van der Waals surface area (Å²) >= 11 is 0. The van der Waals surface area contributed by atoms with E-state index < -0.39 is 0 Å². The van der Waals surface area contributed by atoms with Crippen LogP contribution in [0.2, 0.25) is 0 Å². The molecule has 2 fully saturated rings. The highest BCUT2D eigenvalue weighted by atomic mass is 16.5. The molecule has 2 aliphatic carbocycles. The van der Waals surface area contributed by atoms with Gasteiger partial charge in [-0.15, -0.1) is 0 Å². The monoisotopic (exact) mass is 426 g/mol. The largest absolute Gasteiger partial charge is 0.491 e. The number of hydrazone groups is 1. The van der Waals surface area contributed by atoms with Gasteiger partial charge in [0.2, 0.25) is 0 Å². The van der Waals surface area contributed by atoms with Crippen LogP contribution in [0.1, 0.15) is 33.1 Å². The van der Waals surface area contributed by atoms with Crippen LogP contribution >= 0.6 is 0 Å². The van der Waals surface area contributed by atoms with E-state index in [1.54, 1.807) is 6.34 Å². The Morgan fingerprint density at radius 2 is 2.03 bits per heavy atom. The molecular formula is C22H34N8O. The molecule has 0 aromatic rings. The van der Waals surface area contributed by atoms with Crippen molar-refractivity contribution in [2.75, 3.05) is 26.2 Å². The van der Waals surface area contributed by atoms with Crippen LogP contribution in [0.15, 0.2) is 45.4 Å². The summed E-state index contributed by atoms with van der Waals surface area (Å²) in [4.78, 5) is 6.88. The molecule has 0 radical (unpaired) electrons. The molecule has 0 aromatic heterocycles. The van der Waals surface area contributed by atoms with Gasteiger partial charge in [0, 0.05) is 38.1 Å². The Labute approximate surface area is 184 Å². The first-order valence-electron chi connectivity index (χ1n) is 11.2. The Hall–Kier alpha value is -2.65. The molecule has 1 saturated carbocycles. The molecule has 9 nitrogen and oxygen atoms in total. The van der Waals surface area contributed by atoms with Gasteiger partial charge in [0.05, 0.1) is 23.9 Å². The lowest BCUT2D eigenvalue weighted by Crippen LogP contribution is -2.49. The van der Waals surface area contributed by atoms with Crippen molar-refractivity contribution < 1.29 is 4.74 Å². The van der Waals surface area contributed by atoms with E-state index in [1.807, 2.05) is 32.1 Å². The van der Waals surface area contributed by atoms with Crippen molar-refractivity contribution in [2.24, 2.45) is 27.5 Å². The molecule has 0 amide bonds. The number of piperazine rings is 1. The third-order valence-electron chi connectivity index (χ3n) is 5.88. The number of ether oxygens (including phenoxy) is 1. The van der Waals surface area contributed by atoms with Crippen LogP contribution in [-0.4, -0.2) is 72.3 Å². The minimum atomic E-state index is -0.217. The molecule has 1 saturated heterocycles. The van der Waals surface area contributed by atoms with Gasteiger partial charge >= 0.3 is 0 Å². The molecule has 2 unspecified atom stereocenters. The second-order valence-electron chi connectivity index (χ2n) is 8.80. The first-order valence-corrected chi connectivity index (χ1v) is 11.2. The maximum atomic E-state index is 8.76. The van der Waals surface area contributed by atoms with Gasteiger partial charge in [-0.2, -0.15) is 5.10 Å². The Morgan fingerprint density at radius 1 is 1.29 bits per heavy atom. The molecule has 4 rings (SSSR count). The van der Waals surface area contributed by atoms with Gasteiger partial charge < -0.3 is 21.5 Å². The summed E-state index contributed by atoms with van der Waals surface area (Å²) in [6.07, 6.45) is 10.5. The molecule has 2 atom stereocenters. The van der Waals surface area contributed by atoms with E-state index in [0.717, 1.165) is 49.0 Å². The zero-order valence-corrected chi connectivity index (χ0v) is 18.4. The summed E-state index contributed by atoms with van der Waals surface area (Å²) in [6.45, 7) is 7.32. The fourth-order valence-corrected chi connectivity index (χ4v) is 3.94. The standard InChI is InChI=1S/C22H34N8O/c1-14(2)31-16-5-6-18(23)17(11-16)21(24)19-12-20(27-13-26-19)29-7-9-30(10-8-29)28-22(25)15-3-4-15/h5,11-15,18,20,24H,3-4,6-10,23H2,1-2H3,(H2,25,28)(H,26,27). The van der Waals surface area contributed by atoms with Crippen LogP contribution in [0, 0.1) is 11.3 Å². The number of nitrogens with one attached hydrogen (secondary N) is 2. The SMILES string of the molecule is CC(C)OC1=CCC(N)C(C(=N)C2=CC(N3CCN(N=C(N)C4CC4)CC3)N=CN2)=C1. The van der Waals surface area contributed by atoms with E-state index >= 15 is 0 Å². The average Bonchev–Trinajstić information content (AvgIpc) is 3.60. The number of allylic oxidation sites excluding steroid dienone is 2. The fraction of sp³-hybridized carbons (Fsp3) is 0.591. The molecule has 0 spiro atoms. The molecule has 2 aliphatic heterocycles. The zero-order valence-electron chi connectivity index (χ0n) is 18.4. The van der Waals surface area contributed by atoms with E-state index in [-0.39, 0.29) is 18.3 Å². The molecule has 168 valence electrons. The fourth-order valence-electron chi connectivity index (χ4n) is 3.94. The Balaban J connectivity index is 1.39. The number of nitrogens with two attached hydrogens (primary N) is 2. The van der Waals surface area contributed by atoms with Crippen LogP contribution in [0.3, 0.4) is 0 Å². The lowest BCUT2D eigenvalue weighted by Gasteiger charge is -2.36. The third-order valence-corrected chi connectivity index (χ3v) is 5.88. The third kappa shape index (κ3) is 5.34. The van der Waals surface area contributed by atoms with Crippen molar-refractivity contribution in [3.8, 4) is 0 Å². The lowest BCUT2D eigenvalue weighted by molar-refractivity contribution is 0.116. The summed E-state index contributed by atoms with van der Waals surface area (Å²) in [5, 5.41) is 18.5. The highest BCUT2D eigenvalue weighted by Gasteiger charge is 2.29. The predicted octanol–water partition coefficient (Wildman–Crippen LogP) is 1.11. The number of nitrogens with zero attached hydrogens (tertiary/aromatic N) is 4. The summed E-state index contributed by atoms with van der Waals surface area (Å²) in [7, 11) is 0. The van der Waals surface area contributed by atoms with E-state index in [9.17, 15) is 0 Å². The maximum Gasteiger partial charge on any atom is 0.125 e. The molecule has 9 heteroatoms. The zero-order chi connectivity index (χ0) is 22.0. The average molecular weight is 427 g/mol. The van der Waals surface area contributed by atoms with Crippen molar-refractivity contribution in [1.82, 2.24) is 15.2 Å². The summed E-state index contributed by atoms with van der Waals surface area (Å²) in [5.74, 6) is 2.04.